The van der Waals surface area contributed by atoms with Crippen molar-refractivity contribution in [1.82, 2.24) is 4.98 Å². The molecule has 0 bridgehead atoms. The topological polar surface area (TPSA) is 82.5 Å². The summed E-state index contributed by atoms with van der Waals surface area (Å²) < 4.78 is 0. The van der Waals surface area contributed by atoms with Crippen LogP contribution in [0.4, 0.5) is 11.4 Å². The first-order valence-corrected chi connectivity index (χ1v) is 9.05. The highest BCUT2D eigenvalue weighted by Gasteiger charge is 2.16. The molecule has 1 amide bonds. The van der Waals surface area contributed by atoms with Crippen molar-refractivity contribution in [2.24, 2.45) is 0 Å². The zero-order valence-corrected chi connectivity index (χ0v) is 16.4. The fourth-order valence-electron chi connectivity index (χ4n) is 2.97. The van der Waals surface area contributed by atoms with Gasteiger partial charge in [0.05, 0.1) is 22.5 Å². The largest absolute Gasteiger partial charge is 0.478 e. The molecular formula is C22H23N3O3. The highest BCUT2D eigenvalue weighted by atomic mass is 16.4. The summed E-state index contributed by atoms with van der Waals surface area (Å²) in [6.45, 7) is 5.64. The van der Waals surface area contributed by atoms with E-state index in [1.165, 1.54) is 6.92 Å². The monoisotopic (exact) mass is 377 g/mol. The normalized spacial score (nSPS) is 10.9. The van der Waals surface area contributed by atoms with Gasteiger partial charge in [0.1, 0.15) is 0 Å². The maximum atomic E-state index is 11.3. The van der Waals surface area contributed by atoms with Crippen LogP contribution in [0.25, 0.3) is 22.2 Å². The van der Waals surface area contributed by atoms with Crippen molar-refractivity contribution in [2.75, 3.05) is 17.3 Å². The molecule has 0 radical (unpaired) electrons. The molecule has 144 valence electrons. The first-order chi connectivity index (χ1) is 13.3. The number of amides is 1. The summed E-state index contributed by atoms with van der Waals surface area (Å²) in [6, 6.07) is 14.7. The van der Waals surface area contributed by atoms with Gasteiger partial charge in [0, 0.05) is 36.7 Å². The molecule has 0 fully saturated rings. The Morgan fingerprint density at radius 3 is 2.32 bits per heavy atom. The number of anilines is 2. The average molecular weight is 377 g/mol. The van der Waals surface area contributed by atoms with Gasteiger partial charge in [0.2, 0.25) is 5.91 Å². The fraction of sp³-hybridized carbons (Fsp3) is 0.227. The van der Waals surface area contributed by atoms with Crippen LogP contribution in [0.5, 0.6) is 0 Å². The number of carboxylic acids is 1. The van der Waals surface area contributed by atoms with Crippen LogP contribution in [0.1, 0.15) is 31.1 Å². The second-order valence-electron chi connectivity index (χ2n) is 7.03. The molecule has 0 aliphatic carbocycles. The summed E-state index contributed by atoms with van der Waals surface area (Å²) in [6.07, 6.45) is 0. The summed E-state index contributed by atoms with van der Waals surface area (Å²) in [7, 11) is 1.99. The molecular weight excluding hydrogens is 354 g/mol. The van der Waals surface area contributed by atoms with Crippen LogP contribution in [0.3, 0.4) is 0 Å². The van der Waals surface area contributed by atoms with Gasteiger partial charge in [-0.3, -0.25) is 4.79 Å². The van der Waals surface area contributed by atoms with E-state index in [0.717, 1.165) is 33.5 Å². The number of carbonyl (C=O) groups excluding carboxylic acids is 1. The highest BCUT2D eigenvalue weighted by molar-refractivity contribution is 5.96. The van der Waals surface area contributed by atoms with E-state index in [-0.39, 0.29) is 17.5 Å². The predicted molar refractivity (Wildman–Crippen MR) is 112 cm³/mol. The van der Waals surface area contributed by atoms with Crippen molar-refractivity contribution in [3.63, 3.8) is 0 Å². The quantitative estimate of drug-likeness (QED) is 0.688. The lowest BCUT2D eigenvalue weighted by molar-refractivity contribution is -0.114. The number of aromatic nitrogens is 1. The molecule has 0 spiro atoms. The van der Waals surface area contributed by atoms with Crippen LogP contribution in [0.15, 0.2) is 48.5 Å². The second kappa shape index (κ2) is 7.68. The number of fused-ring (bicyclic) bond motifs is 1. The van der Waals surface area contributed by atoms with Gasteiger partial charge < -0.3 is 15.3 Å². The molecule has 0 saturated heterocycles. The number of nitrogens with zero attached hydrogens (tertiary/aromatic N) is 2. The number of rotatable bonds is 5. The lowest BCUT2D eigenvalue weighted by atomic mass is 10.0. The zero-order chi connectivity index (χ0) is 20.4. The molecule has 0 saturated carbocycles. The van der Waals surface area contributed by atoms with Gasteiger partial charge in [-0.25, -0.2) is 9.78 Å². The highest BCUT2D eigenvalue weighted by Crippen LogP contribution is 2.33. The van der Waals surface area contributed by atoms with Gasteiger partial charge in [-0.1, -0.05) is 12.1 Å². The number of hydrogen-bond acceptors (Lipinski definition) is 4. The number of hydrogen-bond donors (Lipinski definition) is 2. The lowest BCUT2D eigenvalue weighted by Crippen LogP contribution is -2.26. The number of carboxylic acid groups (broad SMARTS) is 1. The van der Waals surface area contributed by atoms with Crippen LogP contribution in [0.2, 0.25) is 0 Å². The molecule has 3 rings (SSSR count). The van der Waals surface area contributed by atoms with Gasteiger partial charge in [-0.05, 0) is 50.2 Å². The standard InChI is InChI=1S/C22H23N3O3/c1-13(2)25(4)20-12-17-11-16(22(27)28)7-10-19(17)24-21(20)15-5-8-18(9-6-15)23-14(3)26/h5-13H,1-4H3,(H,23,26)(H,27,28). The third kappa shape index (κ3) is 3.96. The molecule has 6 nitrogen and oxygen atoms in total. The van der Waals surface area contributed by atoms with E-state index < -0.39 is 5.97 Å². The number of nitrogens with one attached hydrogen (secondary N) is 1. The number of benzene rings is 2. The van der Waals surface area contributed by atoms with Gasteiger partial charge in [0.25, 0.3) is 0 Å². The predicted octanol–water partition coefficient (Wildman–Crippen LogP) is 4.40. The Morgan fingerprint density at radius 1 is 1.07 bits per heavy atom. The Morgan fingerprint density at radius 2 is 1.75 bits per heavy atom. The van der Waals surface area contributed by atoms with Crippen molar-refractivity contribution >= 4 is 34.2 Å². The Balaban J connectivity index is 2.16. The molecule has 0 aliphatic heterocycles. The van der Waals surface area contributed by atoms with Gasteiger partial charge in [0.15, 0.2) is 0 Å². The number of carbonyl (C=O) groups is 2. The second-order valence-corrected chi connectivity index (χ2v) is 7.03. The van der Waals surface area contributed by atoms with Crippen molar-refractivity contribution in [3.05, 3.63) is 54.1 Å². The van der Waals surface area contributed by atoms with Crippen molar-refractivity contribution in [3.8, 4) is 11.3 Å². The van der Waals surface area contributed by atoms with Crippen LogP contribution in [0, 0.1) is 0 Å². The minimum absolute atomic E-state index is 0.119. The van der Waals surface area contributed by atoms with Crippen molar-refractivity contribution in [2.45, 2.75) is 26.8 Å². The van der Waals surface area contributed by atoms with Crippen LogP contribution in [-0.2, 0) is 4.79 Å². The molecule has 2 N–H and O–H groups in total. The number of aromatic carboxylic acids is 1. The summed E-state index contributed by atoms with van der Waals surface area (Å²) in [5.74, 6) is -1.08. The molecule has 1 heterocycles. The van der Waals surface area contributed by atoms with Gasteiger partial charge in [-0.15, -0.1) is 0 Å². The van der Waals surface area contributed by atoms with Crippen molar-refractivity contribution in [1.29, 1.82) is 0 Å². The lowest BCUT2D eigenvalue weighted by Gasteiger charge is -2.26. The average Bonchev–Trinajstić information content (AvgIpc) is 2.66. The fourth-order valence-corrected chi connectivity index (χ4v) is 2.97. The Hall–Kier alpha value is -3.41. The summed E-state index contributed by atoms with van der Waals surface area (Å²) >= 11 is 0. The smallest absolute Gasteiger partial charge is 0.335 e. The molecule has 0 aliphatic rings. The Labute approximate surface area is 163 Å². The minimum Gasteiger partial charge on any atom is -0.478 e. The van der Waals surface area contributed by atoms with Gasteiger partial charge in [-0.2, -0.15) is 0 Å². The van der Waals surface area contributed by atoms with E-state index in [0.29, 0.717) is 0 Å². The maximum Gasteiger partial charge on any atom is 0.335 e. The summed E-state index contributed by atoms with van der Waals surface area (Å²) in [5.41, 5.74) is 4.33. The van der Waals surface area contributed by atoms with Crippen LogP contribution in [-0.4, -0.2) is 35.1 Å². The van der Waals surface area contributed by atoms with E-state index >= 15 is 0 Å². The first-order valence-electron chi connectivity index (χ1n) is 9.05. The Bertz CT molecular complexity index is 1040. The van der Waals surface area contributed by atoms with E-state index in [1.54, 1.807) is 18.2 Å². The Kier molecular flexibility index (Phi) is 5.31. The minimum atomic E-state index is -0.960. The molecule has 2 aromatic carbocycles. The summed E-state index contributed by atoms with van der Waals surface area (Å²) in [4.78, 5) is 29.5. The van der Waals surface area contributed by atoms with E-state index in [9.17, 15) is 14.7 Å². The zero-order valence-electron chi connectivity index (χ0n) is 16.4. The molecule has 0 atom stereocenters. The van der Waals surface area contributed by atoms with Crippen LogP contribution < -0.4 is 10.2 Å². The molecule has 6 heteroatoms. The summed E-state index contributed by atoms with van der Waals surface area (Å²) in [5, 5.41) is 12.8. The molecule has 28 heavy (non-hydrogen) atoms. The third-order valence-corrected chi connectivity index (χ3v) is 4.67. The molecule has 1 aromatic heterocycles. The van der Waals surface area contributed by atoms with E-state index in [1.807, 2.05) is 37.4 Å². The number of pyridine rings is 1. The van der Waals surface area contributed by atoms with E-state index in [4.69, 9.17) is 4.98 Å². The first kappa shape index (κ1) is 19.4. The SMILES string of the molecule is CC(=O)Nc1ccc(-c2nc3ccc(C(=O)O)cc3cc2N(C)C(C)C)cc1. The molecule has 0 unspecified atom stereocenters. The molecule has 3 aromatic rings. The van der Waals surface area contributed by atoms with Crippen molar-refractivity contribution < 1.29 is 14.7 Å². The maximum absolute atomic E-state index is 11.3. The third-order valence-electron chi connectivity index (χ3n) is 4.67. The van der Waals surface area contributed by atoms with Gasteiger partial charge >= 0.3 is 5.97 Å². The van der Waals surface area contributed by atoms with E-state index in [2.05, 4.69) is 24.1 Å². The van der Waals surface area contributed by atoms with Crippen LogP contribution >= 0.6 is 0 Å².